The van der Waals surface area contributed by atoms with Crippen LogP contribution in [0.2, 0.25) is 0 Å². The molecule has 0 bridgehead atoms. The van der Waals surface area contributed by atoms with Crippen LogP contribution in [-0.4, -0.2) is 9.52 Å². The molecule has 1 unspecified atom stereocenters. The van der Waals surface area contributed by atoms with Crippen molar-refractivity contribution in [3.8, 4) is 22.3 Å². The smallest absolute Gasteiger partial charge is 0.0695 e. The second kappa shape index (κ2) is 8.24. The normalized spacial score (nSPS) is 16.5. The molecule has 2 radical (unpaired) electrons. The van der Waals surface area contributed by atoms with Gasteiger partial charge in [0.15, 0.2) is 0 Å². The van der Waals surface area contributed by atoms with Gasteiger partial charge in [0, 0.05) is 0 Å². The average molecular weight is 407 g/mol. The molecule has 0 nitrogen and oxygen atoms in total. The van der Waals surface area contributed by atoms with Crippen molar-refractivity contribution in [2.45, 2.75) is 41.5 Å². The SMILES string of the molecule is CC1=C(C)C(C)C([Si]c2cccc(-c3ccc(C)cc3)c2-c2ccc(C)cc2)=C1C. The molecule has 4 rings (SSSR count). The fourth-order valence-corrected chi connectivity index (χ4v) is 6.05. The Kier molecular flexibility index (Phi) is 5.66. The minimum Gasteiger partial charge on any atom is -0.0695 e. The third-order valence-electron chi connectivity index (χ3n) is 6.68. The maximum atomic E-state index is 2.37. The molecule has 0 spiro atoms. The molecular weight excluding hydrogens is 376 g/mol. The van der Waals surface area contributed by atoms with Crippen molar-refractivity contribution < 1.29 is 0 Å². The molecular formula is C29H30Si. The lowest BCUT2D eigenvalue weighted by Gasteiger charge is -2.19. The lowest BCUT2D eigenvalue weighted by molar-refractivity contribution is 0.856. The number of benzene rings is 3. The standard InChI is InChI=1S/C29H30Si/c1-18-10-14-24(15-11-18)26-8-7-9-27(28(26)25-16-12-19(2)13-17-25)30-29-22(5)20(3)21(4)23(29)6/h7-17,22H,1-6H3. The van der Waals surface area contributed by atoms with Gasteiger partial charge in [0.25, 0.3) is 0 Å². The molecule has 0 saturated carbocycles. The van der Waals surface area contributed by atoms with Gasteiger partial charge in [-0.25, -0.2) is 0 Å². The van der Waals surface area contributed by atoms with E-state index in [2.05, 4.69) is 108 Å². The van der Waals surface area contributed by atoms with Crippen LogP contribution in [0.1, 0.15) is 38.8 Å². The molecule has 1 aliphatic rings. The summed E-state index contributed by atoms with van der Waals surface area (Å²) in [4.78, 5) is 0. The highest BCUT2D eigenvalue weighted by molar-refractivity contribution is 6.63. The van der Waals surface area contributed by atoms with Crippen molar-refractivity contribution in [2.75, 3.05) is 0 Å². The van der Waals surface area contributed by atoms with Gasteiger partial charge in [-0.05, 0) is 68.4 Å². The Hall–Kier alpha value is -2.64. The second-order valence-electron chi connectivity index (χ2n) is 8.65. The summed E-state index contributed by atoms with van der Waals surface area (Å²) >= 11 is 0. The van der Waals surface area contributed by atoms with Crippen LogP contribution < -0.4 is 5.19 Å². The van der Waals surface area contributed by atoms with E-state index in [1.54, 1.807) is 5.20 Å². The third kappa shape index (κ3) is 3.75. The zero-order valence-electron chi connectivity index (χ0n) is 18.9. The fourth-order valence-electron chi connectivity index (χ4n) is 4.37. The summed E-state index contributed by atoms with van der Waals surface area (Å²) in [5.74, 6) is 0.539. The van der Waals surface area contributed by atoms with E-state index in [0.717, 1.165) is 0 Å². The molecule has 0 fully saturated rings. The van der Waals surface area contributed by atoms with Crippen LogP contribution in [0.5, 0.6) is 0 Å². The second-order valence-corrected chi connectivity index (χ2v) is 9.98. The molecule has 1 atom stereocenters. The summed E-state index contributed by atoms with van der Waals surface area (Å²) in [5.41, 5.74) is 12.4. The van der Waals surface area contributed by atoms with Gasteiger partial charge in [-0.15, -0.1) is 0 Å². The molecule has 0 amide bonds. The molecule has 0 aromatic heterocycles. The number of hydrogen-bond acceptors (Lipinski definition) is 0. The van der Waals surface area contributed by atoms with Crippen LogP contribution >= 0.6 is 0 Å². The van der Waals surface area contributed by atoms with E-state index in [1.165, 1.54) is 55.3 Å². The van der Waals surface area contributed by atoms with Crippen molar-refractivity contribution >= 4 is 14.7 Å². The van der Waals surface area contributed by atoms with Crippen molar-refractivity contribution in [1.29, 1.82) is 0 Å². The fraction of sp³-hybridized carbons (Fsp3) is 0.241. The summed E-state index contributed by atoms with van der Waals surface area (Å²) < 4.78 is 0. The first-order valence-electron chi connectivity index (χ1n) is 10.8. The molecule has 1 heteroatoms. The van der Waals surface area contributed by atoms with E-state index in [0.29, 0.717) is 15.4 Å². The lowest BCUT2D eigenvalue weighted by atomic mass is 9.93. The summed E-state index contributed by atoms with van der Waals surface area (Å²) in [6.07, 6.45) is 0. The Morgan fingerprint density at radius 3 is 1.73 bits per heavy atom. The van der Waals surface area contributed by atoms with Gasteiger partial charge in [0.1, 0.15) is 9.52 Å². The van der Waals surface area contributed by atoms with Gasteiger partial charge in [-0.3, -0.25) is 0 Å². The summed E-state index contributed by atoms with van der Waals surface area (Å²) in [7, 11) is 0.689. The van der Waals surface area contributed by atoms with Crippen LogP contribution in [0, 0.1) is 19.8 Å². The van der Waals surface area contributed by atoms with Gasteiger partial charge < -0.3 is 0 Å². The van der Waals surface area contributed by atoms with E-state index in [-0.39, 0.29) is 0 Å². The minimum atomic E-state index is 0.539. The quantitative estimate of drug-likeness (QED) is 0.401. The molecule has 0 N–H and O–H groups in total. The van der Waals surface area contributed by atoms with E-state index in [1.807, 2.05) is 0 Å². The predicted molar refractivity (Wildman–Crippen MR) is 132 cm³/mol. The molecule has 30 heavy (non-hydrogen) atoms. The first-order chi connectivity index (χ1) is 14.4. The Morgan fingerprint density at radius 1 is 0.633 bits per heavy atom. The zero-order valence-corrected chi connectivity index (χ0v) is 19.9. The van der Waals surface area contributed by atoms with Crippen LogP contribution in [0.25, 0.3) is 22.3 Å². The number of hydrogen-bond donors (Lipinski definition) is 0. The van der Waals surface area contributed by atoms with Gasteiger partial charge in [-0.2, -0.15) is 0 Å². The van der Waals surface area contributed by atoms with Crippen molar-refractivity contribution in [3.05, 3.63) is 99.8 Å². The predicted octanol–water partition coefficient (Wildman–Crippen LogP) is 7.23. The first-order valence-corrected chi connectivity index (χ1v) is 11.8. The van der Waals surface area contributed by atoms with Crippen molar-refractivity contribution in [1.82, 2.24) is 0 Å². The highest BCUT2D eigenvalue weighted by Crippen LogP contribution is 2.37. The van der Waals surface area contributed by atoms with E-state index >= 15 is 0 Å². The maximum absolute atomic E-state index is 2.37. The van der Waals surface area contributed by atoms with Gasteiger partial charge in [-0.1, -0.05) is 106 Å². The topological polar surface area (TPSA) is 0 Å². The average Bonchev–Trinajstić information content (AvgIpc) is 2.93. The summed E-state index contributed by atoms with van der Waals surface area (Å²) in [6.45, 7) is 13.6. The van der Waals surface area contributed by atoms with Crippen LogP contribution in [0.3, 0.4) is 0 Å². The van der Waals surface area contributed by atoms with Gasteiger partial charge >= 0.3 is 0 Å². The molecule has 1 aliphatic carbocycles. The Balaban J connectivity index is 1.88. The number of allylic oxidation sites excluding steroid dienone is 4. The maximum Gasteiger partial charge on any atom is 0.117 e. The summed E-state index contributed by atoms with van der Waals surface area (Å²) in [6, 6.07) is 24.8. The van der Waals surface area contributed by atoms with Crippen molar-refractivity contribution in [3.63, 3.8) is 0 Å². The minimum absolute atomic E-state index is 0.539. The third-order valence-corrected chi connectivity index (χ3v) is 8.44. The van der Waals surface area contributed by atoms with E-state index in [4.69, 9.17) is 0 Å². The largest absolute Gasteiger partial charge is 0.117 e. The van der Waals surface area contributed by atoms with Crippen LogP contribution in [-0.2, 0) is 0 Å². The lowest BCUT2D eigenvalue weighted by Crippen LogP contribution is -2.23. The molecule has 0 saturated heterocycles. The van der Waals surface area contributed by atoms with E-state index in [9.17, 15) is 0 Å². The van der Waals surface area contributed by atoms with Gasteiger partial charge in [0.05, 0.1) is 0 Å². The molecule has 3 aromatic rings. The Labute approximate surface area is 184 Å². The Bertz CT molecular complexity index is 1140. The molecule has 3 aromatic carbocycles. The molecule has 0 heterocycles. The highest BCUT2D eigenvalue weighted by atomic mass is 28.2. The summed E-state index contributed by atoms with van der Waals surface area (Å²) in [5, 5.41) is 3.04. The monoisotopic (exact) mass is 406 g/mol. The van der Waals surface area contributed by atoms with Gasteiger partial charge in [0.2, 0.25) is 0 Å². The van der Waals surface area contributed by atoms with E-state index < -0.39 is 0 Å². The van der Waals surface area contributed by atoms with Crippen LogP contribution in [0.4, 0.5) is 0 Å². The van der Waals surface area contributed by atoms with Crippen LogP contribution in [0.15, 0.2) is 88.6 Å². The van der Waals surface area contributed by atoms with Crippen molar-refractivity contribution in [2.24, 2.45) is 5.92 Å². The zero-order chi connectivity index (χ0) is 21.4. The number of aryl methyl sites for hydroxylation is 2. The molecule has 150 valence electrons. The highest BCUT2D eigenvalue weighted by Gasteiger charge is 2.25. The first kappa shape index (κ1) is 20.6. The molecule has 0 aliphatic heterocycles. The Morgan fingerprint density at radius 2 is 1.20 bits per heavy atom. The number of rotatable bonds is 4.